The van der Waals surface area contributed by atoms with Crippen molar-refractivity contribution >= 4 is 27.6 Å². The van der Waals surface area contributed by atoms with Crippen LogP contribution >= 0.6 is 0 Å². The maximum Gasteiger partial charge on any atom is 0.264 e. The van der Waals surface area contributed by atoms with Gasteiger partial charge in [-0.1, -0.05) is 0 Å². The number of methoxy groups -OCH3 is 1. The number of aromatic nitrogens is 2. The third kappa shape index (κ3) is 3.92. The molecule has 0 saturated carbocycles. The van der Waals surface area contributed by atoms with Crippen molar-refractivity contribution in [2.45, 2.75) is 11.8 Å². The number of rotatable bonds is 5. The number of nitrogens with zero attached hydrogens (tertiary/aromatic N) is 2. The maximum atomic E-state index is 12.2. The van der Waals surface area contributed by atoms with E-state index >= 15 is 0 Å². The van der Waals surface area contributed by atoms with Gasteiger partial charge in [-0.2, -0.15) is 4.98 Å². The normalized spacial score (nSPS) is 10.8. The summed E-state index contributed by atoms with van der Waals surface area (Å²) in [6.07, 6.45) is 1.38. The van der Waals surface area contributed by atoms with Crippen molar-refractivity contribution in [1.29, 1.82) is 0 Å². The van der Waals surface area contributed by atoms with Crippen LogP contribution in [0.1, 0.15) is 6.92 Å². The molecule has 2 N–H and O–H groups in total. The molecule has 0 radical (unpaired) electrons. The first kappa shape index (κ1) is 15.7. The van der Waals surface area contributed by atoms with Gasteiger partial charge in [0, 0.05) is 24.9 Å². The van der Waals surface area contributed by atoms with Crippen molar-refractivity contribution in [1.82, 2.24) is 9.97 Å². The molecule has 0 aliphatic heterocycles. The van der Waals surface area contributed by atoms with E-state index in [-0.39, 0.29) is 22.6 Å². The number of carbonyl (C=O) groups is 1. The Morgan fingerprint density at radius 1 is 1.18 bits per heavy atom. The van der Waals surface area contributed by atoms with Crippen LogP contribution in [0.5, 0.6) is 5.88 Å². The largest absolute Gasteiger partial charge is 0.481 e. The number of carbonyl (C=O) groups excluding carboxylic acids is 1. The third-order valence-corrected chi connectivity index (χ3v) is 3.89. The number of hydrogen-bond donors (Lipinski definition) is 2. The highest BCUT2D eigenvalue weighted by atomic mass is 32.2. The molecule has 0 bridgehead atoms. The van der Waals surface area contributed by atoms with E-state index in [9.17, 15) is 13.2 Å². The molecule has 0 fully saturated rings. The highest BCUT2D eigenvalue weighted by Gasteiger charge is 2.16. The molecule has 0 aliphatic carbocycles. The number of hydrogen-bond acceptors (Lipinski definition) is 6. The van der Waals surface area contributed by atoms with Gasteiger partial charge >= 0.3 is 0 Å². The van der Waals surface area contributed by atoms with Gasteiger partial charge in [-0.3, -0.25) is 4.79 Å². The van der Waals surface area contributed by atoms with Crippen molar-refractivity contribution in [3.63, 3.8) is 0 Å². The summed E-state index contributed by atoms with van der Waals surface area (Å²) >= 11 is 0. The van der Waals surface area contributed by atoms with E-state index in [1.807, 2.05) is 0 Å². The molecular weight excluding hydrogens is 308 g/mol. The minimum absolute atomic E-state index is 0.0213. The lowest BCUT2D eigenvalue weighted by Crippen LogP contribution is -2.15. The van der Waals surface area contributed by atoms with Gasteiger partial charge in [0.1, 0.15) is 0 Å². The molecule has 2 aromatic rings. The lowest BCUT2D eigenvalue weighted by molar-refractivity contribution is -0.114. The zero-order valence-corrected chi connectivity index (χ0v) is 12.7. The average Bonchev–Trinajstić information content (AvgIpc) is 2.47. The van der Waals surface area contributed by atoms with Crippen molar-refractivity contribution in [3.8, 4) is 5.88 Å². The molecule has 8 nitrogen and oxygen atoms in total. The predicted molar refractivity (Wildman–Crippen MR) is 80.1 cm³/mol. The van der Waals surface area contributed by atoms with Gasteiger partial charge < -0.3 is 10.1 Å². The fraction of sp³-hybridized carbons (Fsp3) is 0.154. The van der Waals surface area contributed by atoms with E-state index in [0.29, 0.717) is 5.69 Å². The summed E-state index contributed by atoms with van der Waals surface area (Å²) in [5.74, 6) is -0.0856. The SMILES string of the molecule is COc1ccnc(NS(=O)(=O)c2ccc(NC(C)=O)cc2)n1. The van der Waals surface area contributed by atoms with Gasteiger partial charge in [-0.05, 0) is 24.3 Å². The lowest BCUT2D eigenvalue weighted by atomic mass is 10.3. The second kappa shape index (κ2) is 6.39. The van der Waals surface area contributed by atoms with Crippen LogP contribution in [0.15, 0.2) is 41.4 Å². The Hall–Kier alpha value is -2.68. The maximum absolute atomic E-state index is 12.2. The summed E-state index contributed by atoms with van der Waals surface area (Å²) < 4.78 is 31.6. The standard InChI is InChI=1S/C13H14N4O4S/c1-9(18)15-10-3-5-11(6-4-10)22(19,20)17-13-14-8-7-12(16-13)21-2/h3-8H,1-2H3,(H,15,18)(H,14,16,17). The number of sulfonamides is 1. The summed E-state index contributed by atoms with van der Waals surface area (Å²) in [5.41, 5.74) is 0.504. The highest BCUT2D eigenvalue weighted by Crippen LogP contribution is 2.17. The Morgan fingerprint density at radius 3 is 2.45 bits per heavy atom. The van der Waals surface area contributed by atoms with E-state index in [0.717, 1.165) is 0 Å². The van der Waals surface area contributed by atoms with Gasteiger partial charge in [0.2, 0.25) is 17.7 Å². The molecule has 0 atom stereocenters. The van der Waals surface area contributed by atoms with Gasteiger partial charge in [-0.25, -0.2) is 18.1 Å². The first-order chi connectivity index (χ1) is 10.4. The summed E-state index contributed by atoms with van der Waals surface area (Å²) in [7, 11) is -2.41. The number of amides is 1. The molecule has 9 heteroatoms. The zero-order chi connectivity index (χ0) is 16.2. The minimum atomic E-state index is -3.83. The summed E-state index contributed by atoms with van der Waals surface area (Å²) in [5, 5.41) is 2.55. The molecule has 1 aromatic heterocycles. The molecule has 1 heterocycles. The highest BCUT2D eigenvalue weighted by molar-refractivity contribution is 7.92. The minimum Gasteiger partial charge on any atom is -0.481 e. The zero-order valence-electron chi connectivity index (χ0n) is 11.9. The second-order valence-electron chi connectivity index (χ2n) is 4.23. The van der Waals surface area contributed by atoms with E-state index in [1.165, 1.54) is 50.6 Å². The predicted octanol–water partition coefficient (Wildman–Crippen LogP) is 1.24. The Bertz CT molecular complexity index is 775. The average molecular weight is 322 g/mol. The van der Waals surface area contributed by atoms with Crippen LogP contribution in [0, 0.1) is 0 Å². The topological polar surface area (TPSA) is 110 Å². The monoisotopic (exact) mass is 322 g/mol. The Balaban J connectivity index is 2.20. The van der Waals surface area contributed by atoms with Crippen molar-refractivity contribution in [2.75, 3.05) is 17.1 Å². The molecule has 0 unspecified atom stereocenters. The van der Waals surface area contributed by atoms with Crippen LogP contribution in [0.3, 0.4) is 0 Å². The molecule has 22 heavy (non-hydrogen) atoms. The third-order valence-electron chi connectivity index (χ3n) is 2.55. The van der Waals surface area contributed by atoms with Crippen LogP contribution in [0.4, 0.5) is 11.6 Å². The molecule has 1 amide bonds. The molecule has 0 saturated heterocycles. The molecule has 1 aromatic carbocycles. The van der Waals surface area contributed by atoms with Crippen LogP contribution in [-0.4, -0.2) is 31.4 Å². The molecule has 0 aliphatic rings. The smallest absolute Gasteiger partial charge is 0.264 e. The number of ether oxygens (including phenoxy) is 1. The van der Waals surface area contributed by atoms with E-state index in [2.05, 4.69) is 20.0 Å². The van der Waals surface area contributed by atoms with Crippen molar-refractivity contribution in [2.24, 2.45) is 0 Å². The summed E-state index contributed by atoms with van der Waals surface area (Å²) in [4.78, 5) is 18.6. The molecule has 116 valence electrons. The van der Waals surface area contributed by atoms with Gasteiger partial charge in [-0.15, -0.1) is 0 Å². The first-order valence-electron chi connectivity index (χ1n) is 6.18. The second-order valence-corrected chi connectivity index (χ2v) is 5.92. The van der Waals surface area contributed by atoms with E-state index in [4.69, 9.17) is 4.74 Å². The van der Waals surface area contributed by atoms with Crippen molar-refractivity contribution in [3.05, 3.63) is 36.5 Å². The van der Waals surface area contributed by atoms with Gasteiger partial charge in [0.05, 0.1) is 12.0 Å². The molecule has 0 spiro atoms. The van der Waals surface area contributed by atoms with E-state index < -0.39 is 10.0 Å². The van der Waals surface area contributed by atoms with Crippen LogP contribution < -0.4 is 14.8 Å². The fourth-order valence-corrected chi connectivity index (χ4v) is 2.56. The Morgan fingerprint density at radius 2 is 1.86 bits per heavy atom. The van der Waals surface area contributed by atoms with Crippen LogP contribution in [0.25, 0.3) is 0 Å². The van der Waals surface area contributed by atoms with Gasteiger partial charge in [0.15, 0.2) is 0 Å². The van der Waals surface area contributed by atoms with Crippen LogP contribution in [0.2, 0.25) is 0 Å². The Labute approximate surface area is 127 Å². The molecular formula is C13H14N4O4S. The quantitative estimate of drug-likeness (QED) is 0.857. The fourth-order valence-electron chi connectivity index (χ4n) is 1.60. The number of anilines is 2. The van der Waals surface area contributed by atoms with Crippen LogP contribution in [-0.2, 0) is 14.8 Å². The number of nitrogens with one attached hydrogen (secondary N) is 2. The first-order valence-corrected chi connectivity index (χ1v) is 7.66. The summed E-state index contributed by atoms with van der Waals surface area (Å²) in [6, 6.07) is 7.21. The Kier molecular flexibility index (Phi) is 4.56. The van der Waals surface area contributed by atoms with Crippen molar-refractivity contribution < 1.29 is 17.9 Å². The van der Waals surface area contributed by atoms with Gasteiger partial charge in [0.25, 0.3) is 10.0 Å². The molecule has 2 rings (SSSR count). The number of benzene rings is 1. The summed E-state index contributed by atoms with van der Waals surface area (Å²) in [6.45, 7) is 1.37. The lowest BCUT2D eigenvalue weighted by Gasteiger charge is -2.08. The van der Waals surface area contributed by atoms with E-state index in [1.54, 1.807) is 0 Å².